The van der Waals surface area contributed by atoms with Crippen LogP contribution in [0.1, 0.15) is 77.6 Å². The Hall–Kier alpha value is 0.730. The fourth-order valence-electron chi connectivity index (χ4n) is 2.54. The first-order valence-electron chi connectivity index (χ1n) is 8.50. The predicted octanol–water partition coefficient (Wildman–Crippen LogP) is 2.62. The molecule has 0 rings (SSSR count). The first-order chi connectivity index (χ1) is 9.12. The van der Waals surface area contributed by atoms with Gasteiger partial charge in [0.1, 0.15) is 0 Å². The summed E-state index contributed by atoms with van der Waals surface area (Å²) in [7, 11) is 4.58. The maximum atomic E-state index is 5.81. The van der Waals surface area contributed by atoms with Crippen molar-refractivity contribution in [1.82, 2.24) is 0 Å². The number of nitrogens with zero attached hydrogens (tertiary/aromatic N) is 1. The zero-order valence-corrected chi connectivity index (χ0v) is 16.4. The second-order valence-corrected chi connectivity index (χ2v) is 6.99. The summed E-state index contributed by atoms with van der Waals surface area (Å²) in [6, 6.07) is 0. The molecule has 0 bridgehead atoms. The molecule has 0 unspecified atom stereocenters. The van der Waals surface area contributed by atoms with Gasteiger partial charge < -0.3 is 21.5 Å². The number of hydrogen-bond acceptors (Lipinski definition) is 0. The SMILES string of the molecule is CCCCCCCCCCCCC[N+](C)(C)CCCl.[Br-]. The van der Waals surface area contributed by atoms with Gasteiger partial charge in [-0.05, 0) is 12.8 Å². The maximum absolute atomic E-state index is 5.81. The summed E-state index contributed by atoms with van der Waals surface area (Å²) < 4.78 is 1.08. The van der Waals surface area contributed by atoms with E-state index >= 15 is 0 Å². The Labute approximate surface area is 143 Å². The van der Waals surface area contributed by atoms with Crippen LogP contribution < -0.4 is 17.0 Å². The summed E-state index contributed by atoms with van der Waals surface area (Å²) in [6.45, 7) is 4.66. The molecule has 0 saturated carbocycles. The topological polar surface area (TPSA) is 0 Å². The summed E-state index contributed by atoms with van der Waals surface area (Å²) >= 11 is 5.81. The Bertz CT molecular complexity index is 186. The Morgan fingerprint density at radius 1 is 0.650 bits per heavy atom. The number of unbranched alkanes of at least 4 members (excludes halogenated alkanes) is 10. The molecule has 0 heterocycles. The Kier molecular flexibility index (Phi) is 18.5. The van der Waals surface area contributed by atoms with Gasteiger partial charge in [0.25, 0.3) is 0 Å². The van der Waals surface area contributed by atoms with Crippen LogP contribution in [0.4, 0.5) is 0 Å². The summed E-state index contributed by atoms with van der Waals surface area (Å²) in [5.74, 6) is 0.783. The zero-order valence-electron chi connectivity index (χ0n) is 14.1. The maximum Gasteiger partial charge on any atom is 0.0920 e. The molecular weight excluding hydrogens is 334 g/mol. The van der Waals surface area contributed by atoms with E-state index in [4.69, 9.17) is 11.6 Å². The third kappa shape index (κ3) is 16.8. The minimum absolute atomic E-state index is 0. The normalized spacial score (nSPS) is 11.4. The van der Waals surface area contributed by atoms with Crippen molar-refractivity contribution in [3.05, 3.63) is 0 Å². The van der Waals surface area contributed by atoms with Crippen molar-refractivity contribution in [1.29, 1.82) is 0 Å². The van der Waals surface area contributed by atoms with Gasteiger partial charge in [-0.1, -0.05) is 64.7 Å². The highest BCUT2D eigenvalue weighted by Gasteiger charge is 2.12. The van der Waals surface area contributed by atoms with E-state index in [9.17, 15) is 0 Å². The van der Waals surface area contributed by atoms with Gasteiger partial charge in [-0.2, -0.15) is 0 Å². The van der Waals surface area contributed by atoms with Crippen molar-refractivity contribution in [2.45, 2.75) is 77.6 Å². The lowest BCUT2D eigenvalue weighted by Crippen LogP contribution is -3.00. The highest BCUT2D eigenvalue weighted by atomic mass is 79.9. The minimum Gasteiger partial charge on any atom is -1.00 e. The van der Waals surface area contributed by atoms with Gasteiger partial charge >= 0.3 is 0 Å². The van der Waals surface area contributed by atoms with E-state index in [1.54, 1.807) is 0 Å². The highest BCUT2D eigenvalue weighted by molar-refractivity contribution is 6.17. The Morgan fingerprint density at radius 3 is 1.45 bits per heavy atom. The van der Waals surface area contributed by atoms with Crippen LogP contribution in [0.5, 0.6) is 0 Å². The molecule has 124 valence electrons. The van der Waals surface area contributed by atoms with E-state index in [1.807, 2.05) is 0 Å². The van der Waals surface area contributed by atoms with Crippen molar-refractivity contribution in [3.8, 4) is 0 Å². The average Bonchev–Trinajstić information content (AvgIpc) is 2.36. The Morgan fingerprint density at radius 2 is 1.05 bits per heavy atom. The van der Waals surface area contributed by atoms with Crippen molar-refractivity contribution in [2.75, 3.05) is 33.1 Å². The minimum atomic E-state index is 0. The lowest BCUT2D eigenvalue weighted by molar-refractivity contribution is -0.888. The molecule has 0 aromatic carbocycles. The van der Waals surface area contributed by atoms with Crippen LogP contribution >= 0.6 is 11.6 Å². The van der Waals surface area contributed by atoms with Crippen LogP contribution in [-0.2, 0) is 0 Å². The van der Waals surface area contributed by atoms with Crippen LogP contribution in [0.15, 0.2) is 0 Å². The molecule has 3 heteroatoms. The number of halogens is 2. The van der Waals surface area contributed by atoms with Gasteiger partial charge in [0, 0.05) is 0 Å². The van der Waals surface area contributed by atoms with Crippen molar-refractivity contribution >= 4 is 11.6 Å². The van der Waals surface area contributed by atoms with Crippen LogP contribution in [0.3, 0.4) is 0 Å². The van der Waals surface area contributed by atoms with Crippen LogP contribution in [0.25, 0.3) is 0 Å². The summed E-state index contributed by atoms with van der Waals surface area (Å²) in [5, 5.41) is 0. The first kappa shape index (κ1) is 23.0. The van der Waals surface area contributed by atoms with Gasteiger partial charge in [-0.3, -0.25) is 0 Å². The standard InChI is InChI=1S/C17H37ClN.BrH/c1-4-5-6-7-8-9-10-11-12-13-14-16-19(2,3)17-15-18;/h4-17H2,1-3H3;1H/q+1;/p-1. The number of rotatable bonds is 14. The molecule has 0 aromatic heterocycles. The van der Waals surface area contributed by atoms with Crippen LogP contribution in [0.2, 0.25) is 0 Å². The number of hydrogen-bond donors (Lipinski definition) is 0. The van der Waals surface area contributed by atoms with Crippen molar-refractivity contribution in [2.24, 2.45) is 0 Å². The molecule has 0 saturated heterocycles. The molecular formula is C17H37BrClN. The lowest BCUT2D eigenvalue weighted by atomic mass is 10.1. The van der Waals surface area contributed by atoms with Gasteiger partial charge in [-0.15, -0.1) is 11.6 Å². The van der Waals surface area contributed by atoms with Crippen molar-refractivity contribution < 1.29 is 21.5 Å². The highest BCUT2D eigenvalue weighted by Crippen LogP contribution is 2.12. The smallest absolute Gasteiger partial charge is 0.0920 e. The fourth-order valence-corrected chi connectivity index (χ4v) is 3.00. The third-order valence-corrected chi connectivity index (χ3v) is 4.23. The summed E-state index contributed by atoms with van der Waals surface area (Å²) in [4.78, 5) is 0. The second-order valence-electron chi connectivity index (χ2n) is 6.61. The number of quaternary nitrogens is 1. The molecule has 0 aliphatic carbocycles. The summed E-state index contributed by atoms with van der Waals surface area (Å²) in [6.07, 6.45) is 15.7. The van der Waals surface area contributed by atoms with E-state index in [-0.39, 0.29) is 17.0 Å². The van der Waals surface area contributed by atoms with Gasteiger partial charge in [0.2, 0.25) is 0 Å². The molecule has 0 aromatic rings. The van der Waals surface area contributed by atoms with Gasteiger partial charge in [-0.25, -0.2) is 0 Å². The molecule has 0 radical (unpaired) electrons. The van der Waals surface area contributed by atoms with Crippen LogP contribution in [-0.4, -0.2) is 37.5 Å². The average molecular weight is 371 g/mol. The lowest BCUT2D eigenvalue weighted by Gasteiger charge is -2.28. The molecule has 0 aliphatic heterocycles. The van der Waals surface area contributed by atoms with Crippen LogP contribution in [0, 0.1) is 0 Å². The molecule has 0 fully saturated rings. The fraction of sp³-hybridized carbons (Fsp3) is 1.00. The van der Waals surface area contributed by atoms with E-state index in [1.165, 1.54) is 77.2 Å². The molecule has 0 aliphatic rings. The van der Waals surface area contributed by atoms with Gasteiger partial charge in [0.05, 0.1) is 33.1 Å². The molecule has 20 heavy (non-hydrogen) atoms. The molecule has 0 amide bonds. The first-order valence-corrected chi connectivity index (χ1v) is 9.04. The van der Waals surface area contributed by atoms with E-state index in [0.717, 1.165) is 16.9 Å². The predicted molar refractivity (Wildman–Crippen MR) is 89.0 cm³/mol. The third-order valence-electron chi connectivity index (χ3n) is 4.06. The molecule has 1 nitrogen and oxygen atoms in total. The van der Waals surface area contributed by atoms with Gasteiger partial charge in [0.15, 0.2) is 0 Å². The Balaban J connectivity index is 0. The largest absolute Gasteiger partial charge is 1.00 e. The number of alkyl halides is 1. The molecule has 0 spiro atoms. The summed E-state index contributed by atoms with van der Waals surface area (Å²) in [5.41, 5.74) is 0. The van der Waals surface area contributed by atoms with E-state index < -0.39 is 0 Å². The van der Waals surface area contributed by atoms with E-state index in [0.29, 0.717) is 0 Å². The van der Waals surface area contributed by atoms with E-state index in [2.05, 4.69) is 21.0 Å². The second kappa shape index (κ2) is 16.1. The molecule has 0 atom stereocenters. The quantitative estimate of drug-likeness (QED) is 0.250. The monoisotopic (exact) mass is 369 g/mol. The zero-order chi connectivity index (χ0) is 14.4. The molecule has 0 N–H and O–H groups in total. The van der Waals surface area contributed by atoms with Crippen molar-refractivity contribution in [3.63, 3.8) is 0 Å².